The third-order valence-corrected chi connectivity index (χ3v) is 4.41. The molecule has 1 aromatic heterocycles. The fourth-order valence-electron chi connectivity index (χ4n) is 3.47. The molecule has 1 saturated carbocycles. The fourth-order valence-corrected chi connectivity index (χ4v) is 3.47. The van der Waals surface area contributed by atoms with E-state index < -0.39 is 0 Å². The third-order valence-electron chi connectivity index (χ3n) is 4.41. The van der Waals surface area contributed by atoms with Crippen LogP contribution in [-0.4, -0.2) is 4.57 Å². The minimum Gasteiger partial charge on any atom is -0.350 e. The molecule has 3 rings (SSSR count). The Kier molecular flexibility index (Phi) is 2.91. The van der Waals surface area contributed by atoms with Crippen molar-refractivity contribution < 1.29 is 0 Å². The highest BCUT2D eigenvalue weighted by Crippen LogP contribution is 2.45. The first-order chi connectivity index (χ1) is 9.27. The molecule has 0 amide bonds. The van der Waals surface area contributed by atoms with Gasteiger partial charge in [0.25, 0.3) is 0 Å². The highest BCUT2D eigenvalue weighted by atomic mass is 14.9. The van der Waals surface area contributed by atoms with Gasteiger partial charge in [0.2, 0.25) is 0 Å². The van der Waals surface area contributed by atoms with Gasteiger partial charge in [-0.2, -0.15) is 5.26 Å². The summed E-state index contributed by atoms with van der Waals surface area (Å²) < 4.78 is 2.20. The molecule has 1 heterocycles. The molecular formula is C17H18N2. The van der Waals surface area contributed by atoms with Crippen molar-refractivity contribution in [2.75, 3.05) is 0 Å². The van der Waals surface area contributed by atoms with Crippen LogP contribution in [0.3, 0.4) is 0 Å². The van der Waals surface area contributed by atoms with Crippen LogP contribution in [0.25, 0.3) is 10.9 Å². The topological polar surface area (TPSA) is 28.7 Å². The Morgan fingerprint density at radius 3 is 2.74 bits per heavy atom. The molecular weight excluding hydrogens is 232 g/mol. The molecule has 0 atom stereocenters. The summed E-state index contributed by atoms with van der Waals surface area (Å²) in [7, 11) is 2.10. The normalized spacial score (nSPS) is 18.1. The summed E-state index contributed by atoms with van der Waals surface area (Å²) in [6.07, 6.45) is 10.8. The van der Waals surface area contributed by atoms with Gasteiger partial charge in [-0.1, -0.05) is 37.1 Å². The number of aromatic nitrogens is 1. The van der Waals surface area contributed by atoms with Crippen LogP contribution < -0.4 is 0 Å². The highest BCUT2D eigenvalue weighted by Gasteiger charge is 2.35. The number of fused-ring (bicyclic) bond motifs is 1. The first-order valence-electron chi connectivity index (χ1n) is 6.89. The monoisotopic (exact) mass is 250 g/mol. The van der Waals surface area contributed by atoms with Crippen molar-refractivity contribution in [1.29, 1.82) is 5.26 Å². The number of allylic oxidation sites excluding steroid dienone is 2. The lowest BCUT2D eigenvalue weighted by Gasteiger charge is -2.24. The van der Waals surface area contributed by atoms with E-state index in [2.05, 4.69) is 54.2 Å². The maximum atomic E-state index is 8.86. The molecule has 0 radical (unpaired) electrons. The largest absolute Gasteiger partial charge is 0.350 e. The van der Waals surface area contributed by atoms with Gasteiger partial charge in [-0.3, -0.25) is 0 Å². The Morgan fingerprint density at radius 2 is 2.00 bits per heavy atom. The molecule has 0 aliphatic heterocycles. The Morgan fingerprint density at radius 1 is 1.26 bits per heavy atom. The zero-order chi connectivity index (χ0) is 13.3. The maximum absolute atomic E-state index is 8.86. The molecule has 2 heteroatoms. The molecule has 1 aromatic carbocycles. The van der Waals surface area contributed by atoms with E-state index in [4.69, 9.17) is 5.26 Å². The fraction of sp³-hybridized carbons (Fsp3) is 0.353. The van der Waals surface area contributed by atoms with Crippen molar-refractivity contribution in [2.24, 2.45) is 7.05 Å². The van der Waals surface area contributed by atoms with Crippen LogP contribution in [0.4, 0.5) is 0 Å². The van der Waals surface area contributed by atoms with Crippen LogP contribution in [0.5, 0.6) is 0 Å². The van der Waals surface area contributed by atoms with Gasteiger partial charge in [0, 0.05) is 35.6 Å². The minimum atomic E-state index is 0.0661. The van der Waals surface area contributed by atoms with Crippen LogP contribution in [0, 0.1) is 11.3 Å². The van der Waals surface area contributed by atoms with Crippen LogP contribution >= 0.6 is 0 Å². The second-order valence-electron chi connectivity index (χ2n) is 5.50. The number of hydrogen-bond donors (Lipinski definition) is 0. The molecule has 2 aromatic rings. The van der Waals surface area contributed by atoms with Crippen LogP contribution in [-0.2, 0) is 12.5 Å². The molecule has 19 heavy (non-hydrogen) atoms. The molecule has 1 aliphatic carbocycles. The van der Waals surface area contributed by atoms with E-state index in [1.807, 2.05) is 0 Å². The summed E-state index contributed by atoms with van der Waals surface area (Å²) >= 11 is 0. The predicted octanol–water partition coefficient (Wildman–Crippen LogP) is 4.07. The molecule has 1 fully saturated rings. The molecule has 0 spiro atoms. The van der Waals surface area contributed by atoms with E-state index >= 15 is 0 Å². The molecule has 0 bridgehead atoms. The van der Waals surface area contributed by atoms with Crippen molar-refractivity contribution in [3.8, 4) is 6.07 Å². The van der Waals surface area contributed by atoms with Crippen molar-refractivity contribution >= 4 is 10.9 Å². The lowest BCUT2D eigenvalue weighted by Crippen LogP contribution is -2.18. The molecule has 1 aliphatic rings. The third kappa shape index (κ3) is 1.86. The van der Waals surface area contributed by atoms with E-state index in [0.717, 1.165) is 12.8 Å². The quantitative estimate of drug-likeness (QED) is 0.738. The Labute approximate surface area is 114 Å². The van der Waals surface area contributed by atoms with E-state index in [-0.39, 0.29) is 5.41 Å². The van der Waals surface area contributed by atoms with Crippen molar-refractivity contribution in [3.63, 3.8) is 0 Å². The van der Waals surface area contributed by atoms with Crippen LogP contribution in [0.2, 0.25) is 0 Å². The predicted molar refractivity (Wildman–Crippen MR) is 77.8 cm³/mol. The van der Waals surface area contributed by atoms with Gasteiger partial charge in [-0.05, 0) is 24.5 Å². The van der Waals surface area contributed by atoms with Gasteiger partial charge in [0.1, 0.15) is 0 Å². The summed E-state index contributed by atoms with van der Waals surface area (Å²) in [4.78, 5) is 0. The number of benzene rings is 1. The zero-order valence-electron chi connectivity index (χ0n) is 11.3. The summed E-state index contributed by atoms with van der Waals surface area (Å²) in [5, 5.41) is 10.2. The molecule has 0 unspecified atom stereocenters. The highest BCUT2D eigenvalue weighted by molar-refractivity contribution is 5.85. The average Bonchev–Trinajstić information content (AvgIpc) is 3.03. The lowest BCUT2D eigenvalue weighted by atomic mass is 9.78. The number of nitrogens with zero attached hydrogens (tertiary/aromatic N) is 2. The van der Waals surface area contributed by atoms with Gasteiger partial charge >= 0.3 is 0 Å². The van der Waals surface area contributed by atoms with Crippen LogP contribution in [0.1, 0.15) is 31.2 Å². The Bertz CT molecular complexity index is 664. The second kappa shape index (κ2) is 4.59. The summed E-state index contributed by atoms with van der Waals surface area (Å²) in [6.45, 7) is 0. The number of nitriles is 1. The first-order valence-corrected chi connectivity index (χ1v) is 6.89. The summed E-state index contributed by atoms with van der Waals surface area (Å²) in [6, 6.07) is 10.7. The Balaban J connectivity index is 2.22. The van der Waals surface area contributed by atoms with E-state index in [9.17, 15) is 0 Å². The molecule has 0 N–H and O–H groups in total. The van der Waals surface area contributed by atoms with Gasteiger partial charge < -0.3 is 4.57 Å². The first kappa shape index (κ1) is 12.0. The van der Waals surface area contributed by atoms with E-state index in [1.54, 1.807) is 6.08 Å². The Hall–Kier alpha value is -2.01. The van der Waals surface area contributed by atoms with Crippen molar-refractivity contribution in [2.45, 2.75) is 31.1 Å². The van der Waals surface area contributed by atoms with Gasteiger partial charge in [-0.25, -0.2) is 0 Å². The van der Waals surface area contributed by atoms with E-state index in [1.165, 1.54) is 29.3 Å². The smallest absolute Gasteiger partial charge is 0.0909 e. The lowest BCUT2D eigenvalue weighted by molar-refractivity contribution is 0.561. The van der Waals surface area contributed by atoms with Gasteiger partial charge in [0.15, 0.2) is 0 Å². The second-order valence-corrected chi connectivity index (χ2v) is 5.50. The van der Waals surface area contributed by atoms with Crippen molar-refractivity contribution in [1.82, 2.24) is 4.57 Å². The number of rotatable bonds is 2. The molecule has 96 valence electrons. The van der Waals surface area contributed by atoms with E-state index in [0.29, 0.717) is 0 Å². The molecule has 0 saturated heterocycles. The summed E-state index contributed by atoms with van der Waals surface area (Å²) in [5.41, 5.74) is 2.72. The van der Waals surface area contributed by atoms with Gasteiger partial charge in [-0.15, -0.1) is 0 Å². The SMILES string of the molecule is Cn1cc(C2(C=CC#N)CCCC2)c2ccccc21. The summed E-state index contributed by atoms with van der Waals surface area (Å²) in [5.74, 6) is 0. The standard InChI is InChI=1S/C17H18N2/c1-19-13-15(14-7-2-3-8-16(14)19)17(11-6-12-18)9-4-5-10-17/h2-3,6-8,11,13H,4-5,9-10H2,1H3. The number of hydrogen-bond acceptors (Lipinski definition) is 1. The number of para-hydroxylation sites is 1. The average molecular weight is 250 g/mol. The number of aryl methyl sites for hydroxylation is 1. The molecule has 2 nitrogen and oxygen atoms in total. The van der Waals surface area contributed by atoms with Crippen molar-refractivity contribution in [3.05, 3.63) is 48.2 Å². The van der Waals surface area contributed by atoms with Crippen LogP contribution in [0.15, 0.2) is 42.6 Å². The zero-order valence-corrected chi connectivity index (χ0v) is 11.3. The minimum absolute atomic E-state index is 0.0661. The van der Waals surface area contributed by atoms with Gasteiger partial charge in [0.05, 0.1) is 6.07 Å². The maximum Gasteiger partial charge on any atom is 0.0909 e.